The second-order valence-corrected chi connectivity index (χ2v) is 16.3. The molecule has 1 heterocycles. The van der Waals surface area contributed by atoms with Gasteiger partial charge in [-0.25, -0.2) is 4.79 Å². The minimum Gasteiger partial charge on any atom is -0.460 e. The standard InChI is InChI=1S/C48H72O6/c1-5-7-9-11-12-13-14-15-16-24-30-45(53-46(49)41-33-34-51-37-41)54-48(42-26-20-17-21-27-42,43-28-22-18-23-29-43)47(50)52-44-35-38(3)31-32-40(36-44)39(4)25-19-10-8-6-2/h17-18,20-23,26-29,38,40-41,44-45H,4-16,19,24-25,30-37H2,1-3H3. The molecule has 1 aliphatic heterocycles. The van der Waals surface area contributed by atoms with Crippen molar-refractivity contribution in [3.05, 3.63) is 83.9 Å². The number of carbonyl (C=O) groups excluding carboxylic acids is 2. The van der Waals surface area contributed by atoms with Gasteiger partial charge >= 0.3 is 11.9 Å². The summed E-state index contributed by atoms with van der Waals surface area (Å²) in [7, 11) is 0. The molecule has 2 aliphatic rings. The van der Waals surface area contributed by atoms with E-state index in [2.05, 4.69) is 27.4 Å². The fourth-order valence-corrected chi connectivity index (χ4v) is 8.28. The summed E-state index contributed by atoms with van der Waals surface area (Å²) >= 11 is 0. The number of hydrogen-bond donors (Lipinski definition) is 0. The van der Waals surface area contributed by atoms with E-state index in [1.807, 2.05) is 60.7 Å². The lowest BCUT2D eigenvalue weighted by Gasteiger charge is -2.37. The third-order valence-electron chi connectivity index (χ3n) is 11.7. The van der Waals surface area contributed by atoms with Crippen molar-refractivity contribution < 1.29 is 28.5 Å². The molecule has 6 heteroatoms. The molecule has 0 radical (unpaired) electrons. The molecule has 6 nitrogen and oxygen atoms in total. The van der Waals surface area contributed by atoms with Crippen LogP contribution in [0.4, 0.5) is 0 Å². The second kappa shape index (κ2) is 24.5. The van der Waals surface area contributed by atoms with Crippen LogP contribution in [0.2, 0.25) is 0 Å². The Labute approximate surface area is 328 Å². The Morgan fingerprint density at radius 3 is 1.89 bits per heavy atom. The van der Waals surface area contributed by atoms with Gasteiger partial charge in [0.1, 0.15) is 6.10 Å². The molecular weight excluding hydrogens is 673 g/mol. The Morgan fingerprint density at radius 2 is 1.31 bits per heavy atom. The fraction of sp³-hybridized carbons (Fsp3) is 0.667. The molecule has 4 rings (SSSR count). The number of rotatable bonds is 25. The Bertz CT molecular complexity index is 1300. The molecule has 5 atom stereocenters. The van der Waals surface area contributed by atoms with Crippen LogP contribution in [0.25, 0.3) is 0 Å². The molecule has 2 aromatic rings. The summed E-state index contributed by atoms with van der Waals surface area (Å²) in [4.78, 5) is 28.7. The Kier molecular flexibility index (Phi) is 19.9. The highest BCUT2D eigenvalue weighted by molar-refractivity contribution is 5.86. The van der Waals surface area contributed by atoms with Gasteiger partial charge in [0, 0.05) is 13.0 Å². The number of unbranched alkanes of at least 4 members (excludes halogenated alkanes) is 12. The van der Waals surface area contributed by atoms with Gasteiger partial charge in [-0.1, -0.05) is 177 Å². The minimum atomic E-state index is -1.64. The molecule has 0 bridgehead atoms. The van der Waals surface area contributed by atoms with Gasteiger partial charge in [-0.15, -0.1) is 0 Å². The molecule has 1 saturated heterocycles. The molecule has 0 aromatic heterocycles. The van der Waals surface area contributed by atoms with Gasteiger partial charge in [0.2, 0.25) is 11.9 Å². The predicted molar refractivity (Wildman–Crippen MR) is 219 cm³/mol. The number of carbonyl (C=O) groups is 2. The first-order valence-electron chi connectivity index (χ1n) is 21.8. The van der Waals surface area contributed by atoms with E-state index in [1.165, 1.54) is 69.8 Å². The van der Waals surface area contributed by atoms with Gasteiger partial charge in [-0.3, -0.25) is 4.79 Å². The maximum Gasteiger partial charge on any atom is 0.348 e. The predicted octanol–water partition coefficient (Wildman–Crippen LogP) is 12.4. The van der Waals surface area contributed by atoms with Crippen LogP contribution in [0.15, 0.2) is 72.8 Å². The summed E-state index contributed by atoms with van der Waals surface area (Å²) in [6, 6.07) is 19.3. The monoisotopic (exact) mass is 745 g/mol. The molecule has 2 aromatic carbocycles. The van der Waals surface area contributed by atoms with Crippen LogP contribution in [-0.4, -0.2) is 37.5 Å². The van der Waals surface area contributed by atoms with E-state index in [1.54, 1.807) is 0 Å². The van der Waals surface area contributed by atoms with Crippen LogP contribution in [0.3, 0.4) is 0 Å². The summed E-state index contributed by atoms with van der Waals surface area (Å²) in [5.41, 5.74) is 0.968. The van der Waals surface area contributed by atoms with E-state index >= 15 is 4.79 Å². The molecule has 54 heavy (non-hydrogen) atoms. The smallest absolute Gasteiger partial charge is 0.348 e. The van der Waals surface area contributed by atoms with Crippen molar-refractivity contribution in [2.75, 3.05) is 13.2 Å². The minimum absolute atomic E-state index is 0.276. The fourth-order valence-electron chi connectivity index (χ4n) is 8.28. The summed E-state index contributed by atoms with van der Waals surface area (Å²) in [6.45, 7) is 12.2. The maximum absolute atomic E-state index is 15.2. The maximum atomic E-state index is 15.2. The highest BCUT2D eigenvalue weighted by Gasteiger charge is 2.49. The number of ether oxygens (including phenoxy) is 4. The Balaban J connectivity index is 1.58. The van der Waals surface area contributed by atoms with Gasteiger partial charge in [0.05, 0.1) is 12.5 Å². The molecule has 300 valence electrons. The van der Waals surface area contributed by atoms with E-state index in [-0.39, 0.29) is 18.0 Å². The molecule has 1 saturated carbocycles. The molecule has 0 N–H and O–H groups in total. The number of esters is 2. The highest BCUT2D eigenvalue weighted by atomic mass is 16.7. The van der Waals surface area contributed by atoms with Crippen LogP contribution >= 0.6 is 0 Å². The second-order valence-electron chi connectivity index (χ2n) is 16.3. The summed E-state index contributed by atoms with van der Waals surface area (Å²) < 4.78 is 25.5. The molecule has 0 spiro atoms. The average Bonchev–Trinajstić information content (AvgIpc) is 3.67. The third-order valence-corrected chi connectivity index (χ3v) is 11.7. The summed E-state index contributed by atoms with van der Waals surface area (Å²) in [5.74, 6) is -0.386. The van der Waals surface area contributed by atoms with Crippen molar-refractivity contribution in [2.45, 2.75) is 174 Å². The van der Waals surface area contributed by atoms with Crippen molar-refractivity contribution in [3.63, 3.8) is 0 Å². The first kappa shape index (κ1) is 43.8. The van der Waals surface area contributed by atoms with Crippen LogP contribution in [-0.2, 0) is 34.1 Å². The van der Waals surface area contributed by atoms with Crippen molar-refractivity contribution in [3.8, 4) is 0 Å². The zero-order chi connectivity index (χ0) is 38.4. The lowest BCUT2D eigenvalue weighted by Crippen LogP contribution is -2.47. The SMILES string of the molecule is C=C(CCCCCC)C1CCC(C)CC(OC(=O)C(OC(CCCCCCCCCCCC)OC(=O)C2CCOC2)(c2ccccc2)c2ccccc2)C1. The van der Waals surface area contributed by atoms with E-state index in [0.717, 1.165) is 57.8 Å². The van der Waals surface area contributed by atoms with Crippen molar-refractivity contribution >= 4 is 11.9 Å². The van der Waals surface area contributed by atoms with Crippen LogP contribution in [0, 0.1) is 17.8 Å². The Hall–Kier alpha value is -2.96. The molecular formula is C48H72O6. The van der Waals surface area contributed by atoms with Crippen LogP contribution < -0.4 is 0 Å². The largest absolute Gasteiger partial charge is 0.460 e. The van der Waals surface area contributed by atoms with Gasteiger partial charge in [-0.05, 0) is 67.9 Å². The molecule has 1 aliphatic carbocycles. The third kappa shape index (κ3) is 14.0. The normalized spacial score (nSPS) is 20.9. The van der Waals surface area contributed by atoms with Crippen molar-refractivity contribution in [1.29, 1.82) is 0 Å². The Morgan fingerprint density at radius 1 is 0.741 bits per heavy atom. The van der Waals surface area contributed by atoms with E-state index in [4.69, 9.17) is 18.9 Å². The lowest BCUT2D eigenvalue weighted by atomic mass is 9.85. The molecule has 0 amide bonds. The van der Waals surface area contributed by atoms with Gasteiger partial charge in [-0.2, -0.15) is 0 Å². The lowest BCUT2D eigenvalue weighted by molar-refractivity contribution is -0.225. The quantitative estimate of drug-likeness (QED) is 0.0331. The van der Waals surface area contributed by atoms with Gasteiger partial charge < -0.3 is 18.9 Å². The van der Waals surface area contributed by atoms with E-state index < -0.39 is 17.9 Å². The average molecular weight is 745 g/mol. The van der Waals surface area contributed by atoms with Crippen molar-refractivity contribution in [1.82, 2.24) is 0 Å². The number of hydrogen-bond acceptors (Lipinski definition) is 6. The summed E-state index contributed by atoms with van der Waals surface area (Å²) in [5, 5.41) is 0. The van der Waals surface area contributed by atoms with Crippen LogP contribution in [0.5, 0.6) is 0 Å². The molecule has 2 fully saturated rings. The van der Waals surface area contributed by atoms with E-state index in [9.17, 15) is 4.79 Å². The number of allylic oxidation sites excluding steroid dienone is 1. The first-order chi connectivity index (χ1) is 26.4. The first-order valence-corrected chi connectivity index (χ1v) is 21.8. The van der Waals surface area contributed by atoms with Crippen LogP contribution in [0.1, 0.15) is 167 Å². The van der Waals surface area contributed by atoms with Gasteiger partial charge in [0.25, 0.3) is 0 Å². The molecule has 5 unspecified atom stereocenters. The summed E-state index contributed by atoms with van der Waals surface area (Å²) in [6.07, 6.45) is 21.4. The van der Waals surface area contributed by atoms with Gasteiger partial charge in [0.15, 0.2) is 0 Å². The van der Waals surface area contributed by atoms with E-state index in [0.29, 0.717) is 49.0 Å². The zero-order valence-corrected chi connectivity index (χ0v) is 34.1. The number of benzene rings is 2. The topological polar surface area (TPSA) is 71.1 Å². The highest BCUT2D eigenvalue weighted by Crippen LogP contribution is 2.41. The zero-order valence-electron chi connectivity index (χ0n) is 34.1. The van der Waals surface area contributed by atoms with Crippen molar-refractivity contribution in [2.24, 2.45) is 17.8 Å².